The Morgan fingerprint density at radius 3 is 2.80 bits per heavy atom. The first-order valence-electron chi connectivity index (χ1n) is 4.78. The number of hydrogen-bond donors (Lipinski definition) is 1. The van der Waals surface area contributed by atoms with Gasteiger partial charge in [0.25, 0.3) is 0 Å². The molecular weight excluding hydrogens is 188 g/mol. The smallest absolute Gasteiger partial charge is 0.119 e. The Labute approximate surface area is 90.2 Å². The number of benzene rings is 1. The predicted octanol–water partition coefficient (Wildman–Crippen LogP) is 2.01. The van der Waals surface area contributed by atoms with Crippen LogP contribution in [0.4, 0.5) is 0 Å². The van der Waals surface area contributed by atoms with Crippen LogP contribution < -0.4 is 4.74 Å². The van der Waals surface area contributed by atoms with Gasteiger partial charge >= 0.3 is 0 Å². The maximum Gasteiger partial charge on any atom is 0.119 e. The van der Waals surface area contributed by atoms with Gasteiger partial charge in [-0.2, -0.15) is 0 Å². The molecule has 1 atom stereocenters. The van der Waals surface area contributed by atoms with Crippen molar-refractivity contribution >= 4 is 0 Å². The van der Waals surface area contributed by atoms with Gasteiger partial charge in [0.05, 0.1) is 6.10 Å². The van der Waals surface area contributed by atoms with Crippen LogP contribution in [0.5, 0.6) is 5.75 Å². The molecule has 0 amide bonds. The molecule has 0 aliphatic heterocycles. The summed E-state index contributed by atoms with van der Waals surface area (Å²) in [7, 11) is 0. The minimum absolute atomic E-state index is 0.260. The average molecular weight is 202 g/mol. The summed E-state index contributed by atoms with van der Waals surface area (Å²) < 4.78 is 5.35. The van der Waals surface area contributed by atoms with Gasteiger partial charge in [0.1, 0.15) is 12.4 Å². The molecule has 0 aliphatic rings. The van der Waals surface area contributed by atoms with E-state index in [1.54, 1.807) is 0 Å². The second-order valence-corrected chi connectivity index (χ2v) is 3.01. The minimum Gasteiger partial charge on any atom is -0.491 e. The molecule has 0 saturated carbocycles. The number of aliphatic hydroxyl groups is 1. The van der Waals surface area contributed by atoms with Crippen molar-refractivity contribution in [1.82, 2.24) is 0 Å². The molecule has 0 radical (unpaired) electrons. The third kappa shape index (κ3) is 4.90. The highest BCUT2D eigenvalue weighted by Gasteiger charge is 2.02. The molecule has 15 heavy (non-hydrogen) atoms. The first kappa shape index (κ1) is 11.4. The van der Waals surface area contributed by atoms with Crippen LogP contribution in [-0.4, -0.2) is 17.8 Å². The summed E-state index contributed by atoms with van der Waals surface area (Å²) in [6.45, 7) is 3.72. The molecule has 0 fully saturated rings. The van der Waals surface area contributed by atoms with Gasteiger partial charge in [-0.1, -0.05) is 36.6 Å². The highest BCUT2D eigenvalue weighted by Crippen LogP contribution is 2.08. The lowest BCUT2D eigenvalue weighted by molar-refractivity contribution is 0.111. The van der Waals surface area contributed by atoms with Crippen molar-refractivity contribution < 1.29 is 9.84 Å². The van der Waals surface area contributed by atoms with Crippen LogP contribution in [0.1, 0.15) is 6.42 Å². The molecule has 1 aromatic rings. The fourth-order valence-electron chi connectivity index (χ4n) is 1.02. The lowest BCUT2D eigenvalue weighted by Gasteiger charge is -2.09. The number of para-hydroxylation sites is 1. The van der Waals surface area contributed by atoms with Gasteiger partial charge in [-0.05, 0) is 18.2 Å². The number of allylic oxidation sites excluding steroid dienone is 1. The monoisotopic (exact) mass is 202 g/mol. The standard InChI is InChI=1S/C13H14O2/c1-2-3-5-8-12(14)11-15-13-9-6-4-7-10-13/h2,4,6-7,9-10,12,14H,1,8,11H2. The Hall–Kier alpha value is -1.72. The largest absolute Gasteiger partial charge is 0.491 e. The summed E-state index contributed by atoms with van der Waals surface area (Å²) in [5.74, 6) is 6.21. The summed E-state index contributed by atoms with van der Waals surface area (Å²) in [6, 6.07) is 9.39. The van der Waals surface area contributed by atoms with E-state index in [0.29, 0.717) is 6.42 Å². The van der Waals surface area contributed by atoms with Gasteiger partial charge in [0, 0.05) is 6.42 Å². The Kier molecular flexibility index (Phi) is 5.07. The number of hydrogen-bond acceptors (Lipinski definition) is 2. The normalized spacial score (nSPS) is 11.0. The zero-order valence-electron chi connectivity index (χ0n) is 8.52. The van der Waals surface area contributed by atoms with Gasteiger partial charge in [-0.3, -0.25) is 0 Å². The first-order chi connectivity index (χ1) is 7.33. The van der Waals surface area contributed by atoms with Gasteiger partial charge in [0.15, 0.2) is 0 Å². The fraction of sp³-hybridized carbons (Fsp3) is 0.231. The van der Waals surface area contributed by atoms with E-state index in [1.807, 2.05) is 30.3 Å². The van der Waals surface area contributed by atoms with Crippen molar-refractivity contribution in [1.29, 1.82) is 0 Å². The van der Waals surface area contributed by atoms with E-state index in [1.165, 1.54) is 6.08 Å². The Morgan fingerprint density at radius 2 is 2.13 bits per heavy atom. The van der Waals surface area contributed by atoms with Crippen molar-refractivity contribution in [3.05, 3.63) is 43.0 Å². The van der Waals surface area contributed by atoms with Crippen LogP contribution in [-0.2, 0) is 0 Å². The van der Waals surface area contributed by atoms with Gasteiger partial charge in [0.2, 0.25) is 0 Å². The lowest BCUT2D eigenvalue weighted by atomic mass is 10.2. The number of ether oxygens (including phenoxy) is 1. The quantitative estimate of drug-likeness (QED) is 0.757. The summed E-state index contributed by atoms with van der Waals surface area (Å²) in [4.78, 5) is 0. The van der Waals surface area contributed by atoms with Crippen LogP contribution in [0.3, 0.4) is 0 Å². The van der Waals surface area contributed by atoms with Gasteiger partial charge in [-0.25, -0.2) is 0 Å². The van der Waals surface area contributed by atoms with E-state index in [0.717, 1.165) is 5.75 Å². The molecule has 0 heterocycles. The average Bonchev–Trinajstić information content (AvgIpc) is 2.28. The molecule has 1 aromatic carbocycles. The number of rotatable bonds is 4. The Morgan fingerprint density at radius 1 is 1.40 bits per heavy atom. The molecule has 1 N–H and O–H groups in total. The topological polar surface area (TPSA) is 29.5 Å². The van der Waals surface area contributed by atoms with E-state index in [9.17, 15) is 5.11 Å². The van der Waals surface area contributed by atoms with E-state index < -0.39 is 6.10 Å². The van der Waals surface area contributed by atoms with E-state index in [-0.39, 0.29) is 6.61 Å². The van der Waals surface area contributed by atoms with E-state index in [2.05, 4.69) is 18.4 Å². The molecule has 0 saturated heterocycles. The Balaban J connectivity index is 2.28. The molecular formula is C13H14O2. The summed E-state index contributed by atoms with van der Waals surface area (Å²) in [5, 5.41) is 9.48. The molecule has 0 aromatic heterocycles. The SMILES string of the molecule is C=CC#CCC(O)COc1ccccc1. The molecule has 0 bridgehead atoms. The molecule has 78 valence electrons. The molecule has 0 spiro atoms. The highest BCUT2D eigenvalue weighted by molar-refractivity contribution is 5.21. The predicted molar refractivity (Wildman–Crippen MR) is 60.5 cm³/mol. The highest BCUT2D eigenvalue weighted by atomic mass is 16.5. The molecule has 0 aliphatic carbocycles. The zero-order chi connectivity index (χ0) is 10.9. The molecule has 1 unspecified atom stereocenters. The third-order valence-corrected chi connectivity index (χ3v) is 1.73. The summed E-state index contributed by atoms with van der Waals surface area (Å²) in [5.41, 5.74) is 0. The van der Waals surface area contributed by atoms with Crippen LogP contribution in [0.25, 0.3) is 0 Å². The van der Waals surface area contributed by atoms with Gasteiger partial charge < -0.3 is 9.84 Å². The summed E-state index contributed by atoms with van der Waals surface area (Å²) in [6.07, 6.45) is 1.35. The number of aliphatic hydroxyl groups excluding tert-OH is 1. The fourth-order valence-corrected chi connectivity index (χ4v) is 1.02. The maximum absolute atomic E-state index is 9.48. The van der Waals surface area contributed by atoms with Crippen molar-refractivity contribution in [2.45, 2.75) is 12.5 Å². The molecule has 2 heteroatoms. The van der Waals surface area contributed by atoms with E-state index in [4.69, 9.17) is 4.74 Å². The van der Waals surface area contributed by atoms with Crippen molar-refractivity contribution in [2.24, 2.45) is 0 Å². The second-order valence-electron chi connectivity index (χ2n) is 3.01. The van der Waals surface area contributed by atoms with Crippen LogP contribution >= 0.6 is 0 Å². The van der Waals surface area contributed by atoms with Crippen molar-refractivity contribution in [2.75, 3.05) is 6.61 Å². The summed E-state index contributed by atoms with van der Waals surface area (Å²) >= 11 is 0. The van der Waals surface area contributed by atoms with Crippen LogP contribution in [0.2, 0.25) is 0 Å². The lowest BCUT2D eigenvalue weighted by Crippen LogP contribution is -2.16. The minimum atomic E-state index is -0.558. The van der Waals surface area contributed by atoms with Crippen LogP contribution in [0, 0.1) is 11.8 Å². The maximum atomic E-state index is 9.48. The first-order valence-corrected chi connectivity index (χ1v) is 4.78. The van der Waals surface area contributed by atoms with Gasteiger partial charge in [-0.15, -0.1) is 0 Å². The van der Waals surface area contributed by atoms with Crippen LogP contribution in [0.15, 0.2) is 43.0 Å². The molecule has 2 nitrogen and oxygen atoms in total. The Bertz CT molecular complexity index is 346. The second kappa shape index (κ2) is 6.69. The zero-order valence-corrected chi connectivity index (χ0v) is 8.52. The van der Waals surface area contributed by atoms with E-state index >= 15 is 0 Å². The van der Waals surface area contributed by atoms with Crippen molar-refractivity contribution in [3.8, 4) is 17.6 Å². The van der Waals surface area contributed by atoms with Crippen molar-refractivity contribution in [3.63, 3.8) is 0 Å². The molecule has 1 rings (SSSR count). The third-order valence-electron chi connectivity index (χ3n) is 1.73.